The monoisotopic (exact) mass is 363 g/mol. The summed E-state index contributed by atoms with van der Waals surface area (Å²) in [7, 11) is 0. The van der Waals surface area contributed by atoms with Crippen molar-refractivity contribution in [3.05, 3.63) is 60.2 Å². The van der Waals surface area contributed by atoms with Gasteiger partial charge in [0.05, 0.1) is 12.5 Å². The summed E-state index contributed by atoms with van der Waals surface area (Å²) >= 11 is 0. The molecule has 1 saturated heterocycles. The third-order valence-corrected chi connectivity index (χ3v) is 5.21. The van der Waals surface area contributed by atoms with Crippen LogP contribution in [0.4, 0.5) is 0 Å². The number of hydrogen-bond acceptors (Lipinski definition) is 3. The van der Waals surface area contributed by atoms with Crippen LogP contribution in [-0.4, -0.2) is 36.2 Å². The Morgan fingerprint density at radius 1 is 1.07 bits per heavy atom. The van der Waals surface area contributed by atoms with Crippen LogP contribution in [0, 0.1) is 5.92 Å². The van der Waals surface area contributed by atoms with Crippen LogP contribution in [0.3, 0.4) is 0 Å². The molecule has 0 bridgehead atoms. The molecular weight excluding hydrogens is 342 g/mol. The molecule has 1 heterocycles. The molecule has 0 saturated carbocycles. The van der Waals surface area contributed by atoms with Crippen LogP contribution in [0.2, 0.25) is 0 Å². The van der Waals surface area contributed by atoms with E-state index in [1.165, 1.54) is 0 Å². The van der Waals surface area contributed by atoms with Gasteiger partial charge in [-0.15, -0.1) is 0 Å². The Kier molecular flexibility index (Phi) is 4.77. The normalized spacial score (nSPS) is 17.9. The zero-order chi connectivity index (χ0) is 18.8. The fourth-order valence-electron chi connectivity index (χ4n) is 3.76. The maximum atomic E-state index is 12.4. The number of nitrogens with one attached hydrogen (secondary N) is 1. The lowest BCUT2D eigenvalue weighted by Crippen LogP contribution is -2.45. The lowest BCUT2D eigenvalue weighted by molar-refractivity contribution is -0.142. The summed E-state index contributed by atoms with van der Waals surface area (Å²) in [4.78, 5) is 24.3. The Hall–Kier alpha value is -2.92. The second-order valence-electron chi connectivity index (χ2n) is 6.96. The number of ether oxygens (including phenoxy) is 1. The van der Waals surface area contributed by atoms with E-state index in [0.29, 0.717) is 19.6 Å². The molecule has 5 nitrogen and oxygen atoms in total. The highest BCUT2D eigenvalue weighted by atomic mass is 16.5. The molecule has 3 aromatic carbocycles. The van der Waals surface area contributed by atoms with E-state index in [9.17, 15) is 14.7 Å². The van der Waals surface area contributed by atoms with Crippen molar-refractivity contribution in [3.63, 3.8) is 0 Å². The van der Waals surface area contributed by atoms with E-state index in [0.717, 1.165) is 27.1 Å². The van der Waals surface area contributed by atoms with Crippen LogP contribution in [0.25, 0.3) is 21.5 Å². The first-order valence-corrected chi connectivity index (χ1v) is 9.14. The van der Waals surface area contributed by atoms with E-state index >= 15 is 0 Å². The zero-order valence-electron chi connectivity index (χ0n) is 14.9. The molecule has 0 unspecified atom stereocenters. The average Bonchev–Trinajstić information content (AvgIpc) is 3.21. The molecule has 0 aliphatic carbocycles. The van der Waals surface area contributed by atoms with Gasteiger partial charge in [-0.1, -0.05) is 48.5 Å². The van der Waals surface area contributed by atoms with Gasteiger partial charge in [-0.25, -0.2) is 4.79 Å². The van der Waals surface area contributed by atoms with Gasteiger partial charge >= 0.3 is 5.97 Å². The first-order valence-electron chi connectivity index (χ1n) is 9.14. The van der Waals surface area contributed by atoms with Gasteiger partial charge in [-0.05, 0) is 39.6 Å². The minimum Gasteiger partial charge on any atom is -0.480 e. The molecule has 0 aromatic heterocycles. The Morgan fingerprint density at radius 3 is 2.26 bits per heavy atom. The van der Waals surface area contributed by atoms with E-state index in [1.54, 1.807) is 0 Å². The number of aliphatic carboxylic acids is 1. The number of rotatable bonds is 5. The fourth-order valence-corrected chi connectivity index (χ4v) is 3.76. The number of fused-ring (bicyclic) bond motifs is 2. The van der Waals surface area contributed by atoms with Crippen molar-refractivity contribution in [2.45, 2.75) is 18.9 Å². The van der Waals surface area contributed by atoms with Crippen molar-refractivity contribution in [1.29, 1.82) is 0 Å². The largest absolute Gasteiger partial charge is 0.480 e. The molecule has 1 amide bonds. The third-order valence-electron chi connectivity index (χ3n) is 5.21. The van der Waals surface area contributed by atoms with E-state index < -0.39 is 12.0 Å². The van der Waals surface area contributed by atoms with E-state index in [2.05, 4.69) is 11.4 Å². The predicted molar refractivity (Wildman–Crippen MR) is 104 cm³/mol. The highest BCUT2D eigenvalue weighted by Gasteiger charge is 2.28. The molecule has 2 N–H and O–H groups in total. The zero-order valence-corrected chi connectivity index (χ0v) is 14.9. The van der Waals surface area contributed by atoms with Gasteiger partial charge < -0.3 is 15.2 Å². The van der Waals surface area contributed by atoms with Crippen LogP contribution in [0.15, 0.2) is 54.6 Å². The number of amides is 1. The van der Waals surface area contributed by atoms with Gasteiger partial charge in [0, 0.05) is 13.0 Å². The van der Waals surface area contributed by atoms with Crippen LogP contribution < -0.4 is 5.32 Å². The number of carboxylic acid groups (broad SMARTS) is 1. The van der Waals surface area contributed by atoms with Crippen LogP contribution >= 0.6 is 0 Å². The molecule has 27 heavy (non-hydrogen) atoms. The van der Waals surface area contributed by atoms with Crippen molar-refractivity contribution in [2.75, 3.05) is 13.2 Å². The average molecular weight is 363 g/mol. The maximum Gasteiger partial charge on any atom is 0.326 e. The predicted octanol–water partition coefficient (Wildman–Crippen LogP) is 3.14. The van der Waals surface area contributed by atoms with Crippen molar-refractivity contribution >= 4 is 33.4 Å². The minimum absolute atomic E-state index is 0.233. The van der Waals surface area contributed by atoms with Crippen molar-refractivity contribution in [2.24, 2.45) is 5.92 Å². The molecule has 1 aliphatic rings. The molecule has 5 heteroatoms. The van der Waals surface area contributed by atoms with Crippen LogP contribution in [-0.2, 0) is 20.7 Å². The van der Waals surface area contributed by atoms with Gasteiger partial charge in [0.2, 0.25) is 5.91 Å². The first-order chi connectivity index (χ1) is 13.1. The van der Waals surface area contributed by atoms with E-state index in [-0.39, 0.29) is 18.2 Å². The van der Waals surface area contributed by atoms with E-state index in [1.807, 2.05) is 48.5 Å². The molecule has 3 aromatic rings. The Bertz CT molecular complexity index is 954. The summed E-state index contributed by atoms with van der Waals surface area (Å²) in [6, 6.07) is 17.0. The van der Waals surface area contributed by atoms with Gasteiger partial charge in [0.25, 0.3) is 0 Å². The second kappa shape index (κ2) is 7.37. The number of carbonyl (C=O) groups is 2. The highest BCUT2D eigenvalue weighted by molar-refractivity contribution is 6.02. The number of carboxylic acids is 1. The fraction of sp³-hybridized carbons (Fsp3) is 0.273. The summed E-state index contributed by atoms with van der Waals surface area (Å²) in [6.45, 7) is 0.902. The molecular formula is C22H21NO4. The number of carbonyl (C=O) groups excluding carboxylic acids is 1. The lowest BCUT2D eigenvalue weighted by Gasteiger charge is -2.19. The maximum absolute atomic E-state index is 12.4. The smallest absolute Gasteiger partial charge is 0.326 e. The molecule has 2 atom stereocenters. The minimum atomic E-state index is -1.03. The van der Waals surface area contributed by atoms with Gasteiger partial charge in [-0.2, -0.15) is 0 Å². The highest BCUT2D eigenvalue weighted by Crippen LogP contribution is 2.29. The summed E-state index contributed by atoms with van der Waals surface area (Å²) in [5, 5.41) is 16.6. The van der Waals surface area contributed by atoms with Gasteiger partial charge in [0.1, 0.15) is 6.04 Å². The molecule has 0 radical (unpaired) electrons. The standard InChI is InChI=1S/C22H21NO4/c24-21(16-9-10-27-13-16)23-20(22(25)26)12-19-17-7-3-1-5-14(17)11-15-6-2-4-8-18(15)19/h1-8,11,16,20H,9-10,12-13H2,(H,23,24)(H,25,26)/t16-,20+/m0/s1. The van der Waals surface area contributed by atoms with Gasteiger partial charge in [0.15, 0.2) is 0 Å². The molecule has 4 rings (SSSR count). The van der Waals surface area contributed by atoms with Crippen LogP contribution in [0.1, 0.15) is 12.0 Å². The van der Waals surface area contributed by atoms with Crippen molar-refractivity contribution in [1.82, 2.24) is 5.32 Å². The Labute approximate surface area is 156 Å². The second-order valence-corrected chi connectivity index (χ2v) is 6.96. The summed E-state index contributed by atoms with van der Waals surface area (Å²) in [6.07, 6.45) is 0.867. The topological polar surface area (TPSA) is 75.6 Å². The lowest BCUT2D eigenvalue weighted by atomic mass is 9.92. The van der Waals surface area contributed by atoms with Crippen molar-refractivity contribution < 1.29 is 19.4 Å². The number of benzene rings is 3. The van der Waals surface area contributed by atoms with Crippen LogP contribution in [0.5, 0.6) is 0 Å². The quantitative estimate of drug-likeness (QED) is 0.683. The van der Waals surface area contributed by atoms with Crippen molar-refractivity contribution in [3.8, 4) is 0 Å². The van der Waals surface area contributed by atoms with E-state index in [4.69, 9.17) is 4.74 Å². The molecule has 0 spiro atoms. The third kappa shape index (κ3) is 3.51. The molecule has 138 valence electrons. The SMILES string of the molecule is O=C(N[C@H](Cc1c2ccccc2cc2ccccc12)C(=O)O)[C@H]1CCOC1. The summed E-state index contributed by atoms with van der Waals surface area (Å²) in [5.74, 6) is -1.54. The first kappa shape index (κ1) is 17.5. The summed E-state index contributed by atoms with van der Waals surface area (Å²) in [5.41, 5.74) is 0.944. The Morgan fingerprint density at radius 2 is 1.70 bits per heavy atom. The molecule has 1 aliphatic heterocycles. The molecule has 1 fully saturated rings. The number of hydrogen-bond donors (Lipinski definition) is 2. The summed E-state index contributed by atoms with van der Waals surface area (Å²) < 4.78 is 5.25. The van der Waals surface area contributed by atoms with Gasteiger partial charge in [-0.3, -0.25) is 4.79 Å². The Balaban J connectivity index is 1.72.